The summed E-state index contributed by atoms with van der Waals surface area (Å²) in [7, 11) is -3.92. The van der Waals surface area contributed by atoms with Gasteiger partial charge in [0, 0.05) is 15.4 Å². The topological polar surface area (TPSA) is 56.3 Å². The summed E-state index contributed by atoms with van der Waals surface area (Å²) in [5, 5.41) is 2.03. The Morgan fingerprint density at radius 2 is 1.68 bits per heavy atom. The number of rotatable bonds is 4. The van der Waals surface area contributed by atoms with Crippen LogP contribution in [0.5, 0.6) is 5.75 Å². The molecule has 0 atom stereocenters. The van der Waals surface area contributed by atoms with E-state index >= 15 is 0 Å². The van der Waals surface area contributed by atoms with Crippen molar-refractivity contribution in [1.82, 2.24) is 4.98 Å². The van der Waals surface area contributed by atoms with Crippen molar-refractivity contribution in [1.29, 1.82) is 0 Å². The SMILES string of the molecule is O=S(=O)(Oc1ccccc1)c1csc(-c2ccc(Br)cc2)n1. The highest BCUT2D eigenvalue weighted by Gasteiger charge is 2.21. The molecular weight excluding hydrogens is 386 g/mol. The van der Waals surface area contributed by atoms with Gasteiger partial charge in [-0.2, -0.15) is 8.42 Å². The van der Waals surface area contributed by atoms with Crippen molar-refractivity contribution in [3.63, 3.8) is 0 Å². The predicted octanol–water partition coefficient (Wildman–Crippen LogP) is 4.34. The molecule has 0 aliphatic carbocycles. The van der Waals surface area contributed by atoms with Crippen LogP contribution in [0, 0.1) is 0 Å². The van der Waals surface area contributed by atoms with Gasteiger partial charge in [0.05, 0.1) is 0 Å². The van der Waals surface area contributed by atoms with E-state index in [0.29, 0.717) is 5.01 Å². The maximum atomic E-state index is 12.2. The van der Waals surface area contributed by atoms with Crippen LogP contribution >= 0.6 is 27.3 Å². The number of hydrogen-bond donors (Lipinski definition) is 0. The maximum Gasteiger partial charge on any atom is 0.357 e. The summed E-state index contributed by atoms with van der Waals surface area (Å²) in [6.45, 7) is 0. The Bertz CT molecular complexity index is 875. The number of nitrogens with zero attached hydrogens (tertiary/aromatic N) is 1. The molecular formula is C15H10BrNO3S2. The van der Waals surface area contributed by atoms with E-state index < -0.39 is 10.1 Å². The van der Waals surface area contributed by atoms with Crippen LogP contribution in [0.1, 0.15) is 0 Å². The average molecular weight is 396 g/mol. The number of para-hydroxylation sites is 1. The van der Waals surface area contributed by atoms with Gasteiger partial charge in [-0.3, -0.25) is 0 Å². The third-order valence-corrected chi connectivity index (χ3v) is 5.48. The first-order valence-corrected chi connectivity index (χ1v) is 9.34. The molecule has 22 heavy (non-hydrogen) atoms. The smallest absolute Gasteiger partial charge is 0.357 e. The summed E-state index contributed by atoms with van der Waals surface area (Å²) in [6, 6.07) is 15.9. The zero-order chi connectivity index (χ0) is 15.6. The van der Waals surface area contributed by atoms with Crippen LogP contribution in [0.25, 0.3) is 10.6 Å². The van der Waals surface area contributed by atoms with Gasteiger partial charge in [0.15, 0.2) is 0 Å². The lowest BCUT2D eigenvalue weighted by Gasteiger charge is -2.03. The summed E-state index contributed by atoms with van der Waals surface area (Å²) in [5.74, 6) is 0.265. The number of benzene rings is 2. The fraction of sp³-hybridized carbons (Fsp3) is 0. The second kappa shape index (κ2) is 6.20. The number of aromatic nitrogens is 1. The summed E-state index contributed by atoms with van der Waals surface area (Å²) in [4.78, 5) is 4.17. The van der Waals surface area contributed by atoms with Gasteiger partial charge in [-0.25, -0.2) is 4.98 Å². The molecule has 1 aromatic heterocycles. The number of halogens is 1. The molecule has 0 aliphatic heterocycles. The molecule has 0 fully saturated rings. The molecule has 112 valence electrons. The molecule has 0 saturated carbocycles. The minimum Gasteiger partial charge on any atom is -0.378 e. The molecule has 3 aromatic rings. The van der Waals surface area contributed by atoms with Crippen LogP contribution in [-0.4, -0.2) is 13.4 Å². The third kappa shape index (κ3) is 3.37. The molecule has 0 unspecified atom stereocenters. The Hall–Kier alpha value is -1.70. The van der Waals surface area contributed by atoms with Gasteiger partial charge in [-0.15, -0.1) is 11.3 Å². The predicted molar refractivity (Wildman–Crippen MR) is 89.5 cm³/mol. The van der Waals surface area contributed by atoms with E-state index in [1.165, 1.54) is 16.7 Å². The van der Waals surface area contributed by atoms with E-state index in [4.69, 9.17) is 4.18 Å². The minimum absolute atomic E-state index is 0.0840. The summed E-state index contributed by atoms with van der Waals surface area (Å²) in [6.07, 6.45) is 0. The first-order chi connectivity index (χ1) is 10.5. The van der Waals surface area contributed by atoms with Crippen LogP contribution in [0.4, 0.5) is 0 Å². The number of hydrogen-bond acceptors (Lipinski definition) is 5. The zero-order valence-electron chi connectivity index (χ0n) is 11.1. The standard InChI is InChI=1S/C15H10BrNO3S2/c16-12-8-6-11(7-9-12)15-17-14(10-21-15)22(18,19)20-13-4-2-1-3-5-13/h1-10H. The Kier molecular flexibility index (Phi) is 4.28. The summed E-state index contributed by atoms with van der Waals surface area (Å²) >= 11 is 4.62. The molecule has 0 N–H and O–H groups in total. The highest BCUT2D eigenvalue weighted by atomic mass is 79.9. The second-order valence-electron chi connectivity index (χ2n) is 4.35. The molecule has 0 saturated heterocycles. The highest BCUT2D eigenvalue weighted by molar-refractivity contribution is 9.10. The first kappa shape index (κ1) is 15.2. The van der Waals surface area contributed by atoms with Crippen LogP contribution in [0.2, 0.25) is 0 Å². The van der Waals surface area contributed by atoms with E-state index in [2.05, 4.69) is 20.9 Å². The lowest BCUT2D eigenvalue weighted by Crippen LogP contribution is -2.10. The highest BCUT2D eigenvalue weighted by Crippen LogP contribution is 2.28. The van der Waals surface area contributed by atoms with Crippen molar-refractivity contribution in [3.8, 4) is 16.3 Å². The van der Waals surface area contributed by atoms with Gasteiger partial charge < -0.3 is 4.18 Å². The van der Waals surface area contributed by atoms with E-state index in [1.54, 1.807) is 30.3 Å². The minimum atomic E-state index is -3.92. The maximum absolute atomic E-state index is 12.2. The summed E-state index contributed by atoms with van der Waals surface area (Å²) < 4.78 is 30.4. The van der Waals surface area contributed by atoms with Gasteiger partial charge in [0.2, 0.25) is 5.03 Å². The fourth-order valence-electron chi connectivity index (χ4n) is 1.74. The summed E-state index contributed by atoms with van der Waals surface area (Å²) in [5.41, 5.74) is 0.856. The van der Waals surface area contributed by atoms with Gasteiger partial charge in [0.25, 0.3) is 0 Å². The van der Waals surface area contributed by atoms with E-state index in [-0.39, 0.29) is 10.8 Å². The van der Waals surface area contributed by atoms with Crippen LogP contribution in [-0.2, 0) is 10.1 Å². The molecule has 3 rings (SSSR count). The molecule has 0 amide bonds. The quantitative estimate of drug-likeness (QED) is 0.616. The van der Waals surface area contributed by atoms with Crippen molar-refractivity contribution >= 4 is 37.4 Å². The van der Waals surface area contributed by atoms with Crippen molar-refractivity contribution in [2.45, 2.75) is 5.03 Å². The largest absolute Gasteiger partial charge is 0.378 e. The van der Waals surface area contributed by atoms with Gasteiger partial charge in [0.1, 0.15) is 10.8 Å². The molecule has 2 aromatic carbocycles. The molecule has 7 heteroatoms. The normalized spacial score (nSPS) is 11.3. The van der Waals surface area contributed by atoms with Crippen molar-refractivity contribution < 1.29 is 12.6 Å². The van der Waals surface area contributed by atoms with Crippen LogP contribution < -0.4 is 4.18 Å². The van der Waals surface area contributed by atoms with Crippen molar-refractivity contribution in [2.75, 3.05) is 0 Å². The van der Waals surface area contributed by atoms with Crippen molar-refractivity contribution in [3.05, 3.63) is 64.5 Å². The first-order valence-electron chi connectivity index (χ1n) is 6.25. The fourth-order valence-corrected chi connectivity index (χ4v) is 4.02. The average Bonchev–Trinajstić information content (AvgIpc) is 2.99. The van der Waals surface area contributed by atoms with Crippen molar-refractivity contribution in [2.24, 2.45) is 0 Å². The van der Waals surface area contributed by atoms with Gasteiger partial charge >= 0.3 is 10.1 Å². The molecule has 0 aliphatic rings. The third-order valence-electron chi connectivity index (χ3n) is 2.78. The molecule has 0 radical (unpaired) electrons. The zero-order valence-corrected chi connectivity index (χ0v) is 14.4. The van der Waals surface area contributed by atoms with E-state index in [0.717, 1.165) is 10.0 Å². The molecule has 1 heterocycles. The lowest BCUT2D eigenvalue weighted by molar-refractivity contribution is 0.483. The van der Waals surface area contributed by atoms with E-state index in [9.17, 15) is 8.42 Å². The molecule has 4 nitrogen and oxygen atoms in total. The lowest BCUT2D eigenvalue weighted by atomic mass is 10.2. The molecule has 0 spiro atoms. The Morgan fingerprint density at radius 3 is 2.36 bits per heavy atom. The monoisotopic (exact) mass is 395 g/mol. The Morgan fingerprint density at radius 1 is 1.00 bits per heavy atom. The second-order valence-corrected chi connectivity index (χ2v) is 7.62. The number of thiazole rings is 1. The van der Waals surface area contributed by atoms with Gasteiger partial charge in [-0.05, 0) is 24.3 Å². The Balaban J connectivity index is 1.88. The van der Waals surface area contributed by atoms with Crippen LogP contribution in [0.3, 0.4) is 0 Å². The van der Waals surface area contributed by atoms with E-state index in [1.807, 2.05) is 24.3 Å². The Labute approximate surface area is 140 Å². The van der Waals surface area contributed by atoms with Crippen LogP contribution in [0.15, 0.2) is 69.5 Å². The molecule has 0 bridgehead atoms. The van der Waals surface area contributed by atoms with Gasteiger partial charge in [-0.1, -0.05) is 46.3 Å².